The van der Waals surface area contributed by atoms with Crippen molar-refractivity contribution in [2.45, 2.75) is 135 Å². The van der Waals surface area contributed by atoms with Crippen molar-refractivity contribution in [2.75, 3.05) is 61.2 Å². The average molecular weight is 920 g/mol. The summed E-state index contributed by atoms with van der Waals surface area (Å²) in [5, 5.41) is 2.90. The van der Waals surface area contributed by atoms with Crippen LogP contribution >= 0.6 is 0 Å². The Morgan fingerprint density at radius 3 is 2.20 bits per heavy atom. The fourth-order valence-corrected chi connectivity index (χ4v) is 11.1. The molecule has 1 aromatic rings. The van der Waals surface area contributed by atoms with Gasteiger partial charge in [-0.25, -0.2) is 0 Å². The lowest BCUT2D eigenvalue weighted by molar-refractivity contribution is -0.149. The molecule has 3 heterocycles. The summed E-state index contributed by atoms with van der Waals surface area (Å²) in [7, 11) is 6.96. The van der Waals surface area contributed by atoms with Gasteiger partial charge in [-0.15, -0.1) is 0 Å². The van der Waals surface area contributed by atoms with E-state index in [4.69, 9.17) is 14.2 Å². The molecule has 5 rings (SSSR count). The van der Waals surface area contributed by atoms with Gasteiger partial charge in [0, 0.05) is 83.1 Å². The van der Waals surface area contributed by atoms with Gasteiger partial charge in [0.15, 0.2) is 5.78 Å². The van der Waals surface area contributed by atoms with Crippen LogP contribution in [0.25, 0.3) is 0 Å². The van der Waals surface area contributed by atoms with Crippen LogP contribution in [-0.4, -0.2) is 158 Å². The zero-order valence-electron chi connectivity index (χ0n) is 40.9. The number of methoxy groups -OCH3 is 2. The molecule has 2 bridgehead atoms. The number of piperidine rings is 1. The lowest BCUT2D eigenvalue weighted by Gasteiger charge is -2.41. The second-order valence-electron chi connectivity index (χ2n) is 19.6. The smallest absolute Gasteiger partial charge is 0.253 e. The number of amides is 5. The van der Waals surface area contributed by atoms with Crippen molar-refractivity contribution in [1.82, 2.24) is 24.9 Å². The molecule has 3 fully saturated rings. The maximum absolute atomic E-state index is 14.5. The Hall–Kier alpha value is -4.31. The minimum absolute atomic E-state index is 0.0133. The van der Waals surface area contributed by atoms with Gasteiger partial charge in [-0.3, -0.25) is 43.4 Å². The maximum Gasteiger partial charge on any atom is 0.253 e. The van der Waals surface area contributed by atoms with Gasteiger partial charge >= 0.3 is 0 Å². The number of nitrogens with zero attached hydrogens (tertiary/aromatic N) is 4. The van der Waals surface area contributed by atoms with Gasteiger partial charge in [-0.2, -0.15) is 0 Å². The van der Waals surface area contributed by atoms with E-state index in [-0.39, 0.29) is 111 Å². The molecule has 1 N–H and O–H groups in total. The first-order chi connectivity index (χ1) is 31.5. The van der Waals surface area contributed by atoms with E-state index in [1.165, 1.54) is 12.2 Å². The molecule has 1 saturated carbocycles. The highest BCUT2D eigenvalue weighted by Gasteiger charge is 2.48. The Balaban J connectivity index is 1.21. The van der Waals surface area contributed by atoms with E-state index in [0.717, 1.165) is 42.6 Å². The molecule has 4 aliphatic rings. The van der Waals surface area contributed by atoms with Crippen molar-refractivity contribution in [2.24, 2.45) is 35.5 Å². The summed E-state index contributed by atoms with van der Waals surface area (Å²) in [6.07, 6.45) is 7.04. The third-order valence-electron chi connectivity index (χ3n) is 15.2. The first kappa shape index (κ1) is 52.7. The number of rotatable bonds is 27. The minimum Gasteiger partial charge on any atom is -0.379 e. The van der Waals surface area contributed by atoms with Gasteiger partial charge in [0.05, 0.1) is 56.5 Å². The normalized spacial score (nSPS) is 23.8. The van der Waals surface area contributed by atoms with Gasteiger partial charge in [-0.1, -0.05) is 71.4 Å². The van der Waals surface area contributed by atoms with Crippen LogP contribution in [0.3, 0.4) is 0 Å². The molecule has 1 aromatic carbocycles. The van der Waals surface area contributed by atoms with Crippen LogP contribution in [-0.2, 0) is 54.2 Å². The summed E-state index contributed by atoms with van der Waals surface area (Å²) in [6, 6.07) is 9.00. The Kier molecular flexibility index (Phi) is 19.7. The molecule has 66 heavy (non-hydrogen) atoms. The van der Waals surface area contributed by atoms with Crippen LogP contribution in [0.15, 0.2) is 42.5 Å². The molecule has 3 aliphatic heterocycles. The third kappa shape index (κ3) is 12.8. The Morgan fingerprint density at radius 1 is 0.894 bits per heavy atom. The zero-order chi connectivity index (χ0) is 48.2. The highest BCUT2D eigenvalue weighted by molar-refractivity contribution is 6.12. The molecule has 0 radical (unpaired) electrons. The number of imide groups is 1. The van der Waals surface area contributed by atoms with E-state index >= 15 is 0 Å². The lowest BCUT2D eigenvalue weighted by Crippen LogP contribution is -2.54. The quantitative estimate of drug-likeness (QED) is 0.0974. The predicted octanol–water partition coefficient (Wildman–Crippen LogP) is 4.50. The number of hydrogen-bond acceptors (Lipinski definition) is 11. The molecule has 5 amide bonds. The number of hydrogen-bond donors (Lipinski definition) is 1. The van der Waals surface area contributed by atoms with E-state index in [1.807, 2.05) is 51.2 Å². The van der Waals surface area contributed by atoms with Crippen LogP contribution in [0, 0.1) is 35.5 Å². The predicted molar refractivity (Wildman–Crippen MR) is 250 cm³/mol. The van der Waals surface area contributed by atoms with E-state index in [1.54, 1.807) is 38.0 Å². The molecule has 11 atom stereocenters. The second-order valence-corrected chi connectivity index (χ2v) is 19.6. The number of carbonyl (C=O) groups is 7. The summed E-state index contributed by atoms with van der Waals surface area (Å²) in [6.45, 7) is 11.0. The fraction of sp³-hybridized carbons (Fsp3) is 0.706. The van der Waals surface area contributed by atoms with Crippen molar-refractivity contribution >= 4 is 41.1 Å². The van der Waals surface area contributed by atoms with Crippen molar-refractivity contribution in [3.8, 4) is 0 Å². The zero-order valence-corrected chi connectivity index (χ0v) is 40.9. The van der Waals surface area contributed by atoms with E-state index in [0.29, 0.717) is 31.3 Å². The number of ketones is 2. The number of fused-ring (bicyclic) bond motifs is 2. The topological polar surface area (TPSA) is 172 Å². The van der Waals surface area contributed by atoms with Crippen LogP contribution in [0.5, 0.6) is 0 Å². The number of carbonyl (C=O) groups excluding carboxylic acids is 7. The number of nitrogens with one attached hydrogen (secondary N) is 1. The second kappa shape index (κ2) is 24.6. The summed E-state index contributed by atoms with van der Waals surface area (Å²) >= 11 is 0. The highest BCUT2D eigenvalue weighted by atomic mass is 16.5. The number of likely N-dealkylation sites (N-methyl/N-ethyl adjacent to an activating group) is 2. The monoisotopic (exact) mass is 920 g/mol. The molecule has 1 unspecified atom stereocenters. The molecule has 366 valence electrons. The summed E-state index contributed by atoms with van der Waals surface area (Å²) in [4.78, 5) is 101. The third-order valence-corrected chi connectivity index (χ3v) is 15.2. The molecule has 1 aliphatic carbocycles. The first-order valence-corrected chi connectivity index (χ1v) is 24.3. The molecule has 15 heteroatoms. The Bertz CT molecular complexity index is 1850. The average Bonchev–Trinajstić information content (AvgIpc) is 4.12. The largest absolute Gasteiger partial charge is 0.379 e. The number of benzene rings is 1. The van der Waals surface area contributed by atoms with Gasteiger partial charge in [0.25, 0.3) is 11.8 Å². The minimum atomic E-state index is -0.681. The van der Waals surface area contributed by atoms with Gasteiger partial charge in [0.2, 0.25) is 17.7 Å². The van der Waals surface area contributed by atoms with E-state index < -0.39 is 36.0 Å². The van der Waals surface area contributed by atoms with Crippen LogP contribution in [0.4, 0.5) is 0 Å². The molecule has 0 spiro atoms. The van der Waals surface area contributed by atoms with Gasteiger partial charge in [0.1, 0.15) is 5.78 Å². The van der Waals surface area contributed by atoms with Crippen molar-refractivity contribution in [3.63, 3.8) is 0 Å². The van der Waals surface area contributed by atoms with Crippen molar-refractivity contribution in [1.29, 1.82) is 0 Å². The van der Waals surface area contributed by atoms with Gasteiger partial charge < -0.3 is 29.3 Å². The summed E-state index contributed by atoms with van der Waals surface area (Å²) in [5.74, 6) is -2.86. The SMILES string of the molecule is CC[C@H](C)[C@@H]([C@@H](CC(=O)N1CCC[C@H]1[C@H](OC)[C@@H](C)C(=O)C[C@@H](Cc1ccccc1)C(=O)NCCOCCN1C(=O)C=CC1=O)OC)N(C)C(=O)[C@@H](CC(=O)C1[C@H]2CC[C@H](C2)N1C)C(C)C. The van der Waals surface area contributed by atoms with Crippen molar-refractivity contribution in [3.05, 3.63) is 48.0 Å². The molecule has 0 aromatic heterocycles. The van der Waals surface area contributed by atoms with Crippen LogP contribution in [0.2, 0.25) is 0 Å². The number of Topliss-reactive ketones (excluding diaryl/α,β-unsaturated/α-hetero) is 2. The maximum atomic E-state index is 14.5. The lowest BCUT2D eigenvalue weighted by atomic mass is 9.83. The number of likely N-dealkylation sites (tertiary alicyclic amines) is 2. The summed E-state index contributed by atoms with van der Waals surface area (Å²) < 4.78 is 17.8. The molecule has 2 saturated heterocycles. The van der Waals surface area contributed by atoms with E-state index in [2.05, 4.69) is 24.1 Å². The number of ether oxygens (including phenoxy) is 3. The summed E-state index contributed by atoms with van der Waals surface area (Å²) in [5.41, 5.74) is 0.909. The van der Waals surface area contributed by atoms with Gasteiger partial charge in [-0.05, 0) is 68.9 Å². The molecular weight excluding hydrogens is 843 g/mol. The Labute approximate surface area is 392 Å². The van der Waals surface area contributed by atoms with Crippen LogP contribution in [0.1, 0.15) is 98.0 Å². The standard InChI is InChI=1S/C51H77N5O10/c1-10-33(4)47(54(7)51(63)39(32(2)3)30-42(58)48-36-18-19-38(28-36)53(48)6)43(64-8)31-46(61)55-23-14-17-40(55)49(65-9)34(5)41(57)29-37(27-35-15-12-11-13-16-35)50(62)52-22-25-66-26-24-56-44(59)20-21-45(56)60/h11-13,15-16,20-21,32-34,36-40,43,47-49H,10,14,17-19,22-31H2,1-9H3,(H,52,62)/t33-,34-,36-,37+,38+,39-,40-,43+,47-,48?,49+/m0/s1. The fourth-order valence-electron chi connectivity index (χ4n) is 11.1. The molecule has 15 nitrogen and oxygen atoms in total. The van der Waals surface area contributed by atoms with E-state index in [9.17, 15) is 33.6 Å². The van der Waals surface area contributed by atoms with Crippen molar-refractivity contribution < 1.29 is 47.8 Å². The molecular formula is C51H77N5O10. The van der Waals surface area contributed by atoms with Crippen LogP contribution < -0.4 is 5.32 Å². The Morgan fingerprint density at radius 2 is 1.59 bits per heavy atom. The highest BCUT2D eigenvalue weighted by Crippen LogP contribution is 2.42. The first-order valence-electron chi connectivity index (χ1n) is 24.3.